The van der Waals surface area contributed by atoms with Crippen LogP contribution in [0.25, 0.3) is 0 Å². The van der Waals surface area contributed by atoms with Gasteiger partial charge in [0.1, 0.15) is 0 Å². The molecule has 84 valence electrons. The molecule has 0 aromatic rings. The quantitative estimate of drug-likeness (QED) is 0.701. The van der Waals surface area contributed by atoms with Gasteiger partial charge >= 0.3 is 0 Å². The summed E-state index contributed by atoms with van der Waals surface area (Å²) in [6.45, 7) is 6.93. The first-order valence-electron chi connectivity index (χ1n) is 5.69. The van der Waals surface area contributed by atoms with Crippen LogP contribution in [-0.2, 0) is 0 Å². The highest BCUT2D eigenvalue weighted by Gasteiger charge is 2.22. The van der Waals surface area contributed by atoms with Gasteiger partial charge in [-0.2, -0.15) is 0 Å². The van der Waals surface area contributed by atoms with E-state index in [1.54, 1.807) is 0 Å². The van der Waals surface area contributed by atoms with E-state index in [1.807, 2.05) is 6.92 Å². The third-order valence-electron chi connectivity index (χ3n) is 3.29. The highest BCUT2D eigenvalue weighted by atomic mass is 16.3. The molecule has 1 aliphatic rings. The second kappa shape index (κ2) is 5.69. The number of hydrogen-bond donors (Lipinski definition) is 2. The van der Waals surface area contributed by atoms with Crippen LogP contribution in [0.1, 0.15) is 26.7 Å². The van der Waals surface area contributed by atoms with Crippen molar-refractivity contribution >= 4 is 0 Å². The minimum absolute atomic E-state index is 0.227. The van der Waals surface area contributed by atoms with E-state index < -0.39 is 0 Å². The molecule has 0 bridgehead atoms. The normalized spacial score (nSPS) is 24.9. The second-order valence-electron chi connectivity index (χ2n) is 4.68. The van der Waals surface area contributed by atoms with Crippen molar-refractivity contribution in [3.8, 4) is 0 Å². The fourth-order valence-corrected chi connectivity index (χ4v) is 2.17. The molecular weight excluding hydrogens is 176 g/mol. The Morgan fingerprint density at radius 2 is 1.93 bits per heavy atom. The Kier molecular flexibility index (Phi) is 4.85. The van der Waals surface area contributed by atoms with Crippen molar-refractivity contribution in [3.05, 3.63) is 0 Å². The van der Waals surface area contributed by atoms with E-state index in [-0.39, 0.29) is 12.6 Å². The predicted octanol–water partition coefficient (Wildman–Crippen LogP) is 0.687. The van der Waals surface area contributed by atoms with Gasteiger partial charge in [-0.25, -0.2) is 0 Å². The topological polar surface area (TPSA) is 35.5 Å². The second-order valence-corrected chi connectivity index (χ2v) is 4.68. The lowest BCUT2D eigenvalue weighted by atomic mass is 9.90. The predicted molar refractivity (Wildman–Crippen MR) is 59.4 cm³/mol. The fraction of sp³-hybridized carbons (Fsp3) is 1.00. The third kappa shape index (κ3) is 3.56. The Bertz CT molecular complexity index is 155. The van der Waals surface area contributed by atoms with Gasteiger partial charge in [0.05, 0.1) is 6.61 Å². The molecular formula is C11H24N2O. The van der Waals surface area contributed by atoms with E-state index in [4.69, 9.17) is 5.11 Å². The monoisotopic (exact) mass is 200 g/mol. The van der Waals surface area contributed by atoms with Gasteiger partial charge in [0.2, 0.25) is 0 Å². The zero-order valence-electron chi connectivity index (χ0n) is 9.66. The fourth-order valence-electron chi connectivity index (χ4n) is 2.17. The van der Waals surface area contributed by atoms with E-state index >= 15 is 0 Å². The van der Waals surface area contributed by atoms with Crippen molar-refractivity contribution in [1.29, 1.82) is 0 Å². The molecule has 0 saturated carbocycles. The Morgan fingerprint density at radius 1 is 1.36 bits per heavy atom. The molecule has 0 radical (unpaired) electrons. The lowest BCUT2D eigenvalue weighted by Crippen LogP contribution is -2.44. The van der Waals surface area contributed by atoms with Crippen LogP contribution in [0.5, 0.6) is 0 Å². The number of likely N-dealkylation sites (tertiary alicyclic amines) is 1. The number of nitrogens with one attached hydrogen (secondary N) is 1. The molecule has 1 saturated heterocycles. The summed E-state index contributed by atoms with van der Waals surface area (Å²) in [6.07, 6.45) is 2.56. The van der Waals surface area contributed by atoms with Crippen LogP contribution in [-0.4, -0.2) is 48.8 Å². The summed E-state index contributed by atoms with van der Waals surface area (Å²) < 4.78 is 0. The van der Waals surface area contributed by atoms with Crippen LogP contribution < -0.4 is 5.32 Å². The van der Waals surface area contributed by atoms with Crippen molar-refractivity contribution in [2.75, 3.05) is 26.7 Å². The molecule has 1 heterocycles. The van der Waals surface area contributed by atoms with Gasteiger partial charge in [-0.15, -0.1) is 0 Å². The lowest BCUT2D eigenvalue weighted by molar-refractivity contribution is 0.171. The molecule has 1 aliphatic heterocycles. The highest BCUT2D eigenvalue weighted by molar-refractivity contribution is 4.79. The van der Waals surface area contributed by atoms with Crippen LogP contribution in [0, 0.1) is 5.92 Å². The van der Waals surface area contributed by atoms with Crippen LogP contribution in [0.15, 0.2) is 0 Å². The van der Waals surface area contributed by atoms with Crippen LogP contribution in [0.3, 0.4) is 0 Å². The molecule has 0 spiro atoms. The molecule has 0 aromatic carbocycles. The van der Waals surface area contributed by atoms with E-state index in [2.05, 4.69) is 24.2 Å². The van der Waals surface area contributed by atoms with E-state index in [0.29, 0.717) is 6.04 Å². The molecule has 0 amide bonds. The van der Waals surface area contributed by atoms with Crippen LogP contribution >= 0.6 is 0 Å². The van der Waals surface area contributed by atoms with Crippen LogP contribution in [0.4, 0.5) is 0 Å². The minimum atomic E-state index is 0.227. The van der Waals surface area contributed by atoms with E-state index in [1.165, 1.54) is 25.9 Å². The summed E-state index contributed by atoms with van der Waals surface area (Å²) in [5.41, 5.74) is 0. The molecule has 1 fully saturated rings. The van der Waals surface area contributed by atoms with Crippen molar-refractivity contribution < 1.29 is 5.11 Å². The Morgan fingerprint density at radius 3 is 2.43 bits per heavy atom. The lowest BCUT2D eigenvalue weighted by Gasteiger charge is -2.34. The summed E-state index contributed by atoms with van der Waals surface area (Å²) in [7, 11) is 2.19. The highest BCUT2D eigenvalue weighted by Crippen LogP contribution is 2.19. The number of nitrogens with zero attached hydrogens (tertiary/aromatic N) is 1. The SMILES string of the molecule is CC(N[C@H](C)CO)C1CCN(C)CC1. The molecule has 0 aromatic heterocycles. The average molecular weight is 200 g/mol. The number of piperidine rings is 1. The van der Waals surface area contributed by atoms with Gasteiger partial charge in [0.25, 0.3) is 0 Å². The summed E-state index contributed by atoms with van der Waals surface area (Å²) in [6, 6.07) is 0.760. The zero-order valence-corrected chi connectivity index (χ0v) is 9.66. The zero-order chi connectivity index (χ0) is 10.6. The average Bonchev–Trinajstić information content (AvgIpc) is 2.18. The summed E-state index contributed by atoms with van der Waals surface area (Å²) >= 11 is 0. The van der Waals surface area contributed by atoms with Gasteiger partial charge in [-0.3, -0.25) is 0 Å². The third-order valence-corrected chi connectivity index (χ3v) is 3.29. The maximum atomic E-state index is 8.95. The van der Waals surface area contributed by atoms with E-state index in [0.717, 1.165) is 5.92 Å². The molecule has 3 heteroatoms. The van der Waals surface area contributed by atoms with Gasteiger partial charge in [0.15, 0.2) is 0 Å². The summed E-state index contributed by atoms with van der Waals surface area (Å²) in [5, 5.41) is 12.4. The van der Waals surface area contributed by atoms with Gasteiger partial charge in [-0.1, -0.05) is 0 Å². The van der Waals surface area contributed by atoms with Crippen molar-refractivity contribution in [2.24, 2.45) is 5.92 Å². The largest absolute Gasteiger partial charge is 0.395 e. The standard InChI is InChI=1S/C11H24N2O/c1-9(8-14)12-10(2)11-4-6-13(3)7-5-11/h9-12,14H,4-8H2,1-3H3/t9-,10?/m1/s1. The number of aliphatic hydroxyl groups excluding tert-OH is 1. The molecule has 0 aliphatic carbocycles. The molecule has 14 heavy (non-hydrogen) atoms. The number of aliphatic hydroxyl groups is 1. The molecule has 2 atom stereocenters. The van der Waals surface area contributed by atoms with Crippen LogP contribution in [0.2, 0.25) is 0 Å². The summed E-state index contributed by atoms with van der Waals surface area (Å²) in [5.74, 6) is 0.778. The summed E-state index contributed by atoms with van der Waals surface area (Å²) in [4.78, 5) is 2.39. The first-order chi connectivity index (χ1) is 6.63. The minimum Gasteiger partial charge on any atom is -0.395 e. The van der Waals surface area contributed by atoms with Crippen molar-refractivity contribution in [3.63, 3.8) is 0 Å². The Balaban J connectivity index is 2.26. The first kappa shape index (κ1) is 12.0. The molecule has 3 nitrogen and oxygen atoms in total. The van der Waals surface area contributed by atoms with Crippen molar-refractivity contribution in [2.45, 2.75) is 38.8 Å². The molecule has 1 unspecified atom stereocenters. The van der Waals surface area contributed by atoms with Gasteiger partial charge in [0, 0.05) is 12.1 Å². The Labute approximate surface area is 87.5 Å². The first-order valence-corrected chi connectivity index (χ1v) is 5.69. The van der Waals surface area contributed by atoms with Crippen molar-refractivity contribution in [1.82, 2.24) is 10.2 Å². The van der Waals surface area contributed by atoms with E-state index in [9.17, 15) is 0 Å². The molecule has 1 rings (SSSR count). The van der Waals surface area contributed by atoms with Gasteiger partial charge in [-0.05, 0) is 52.7 Å². The maximum Gasteiger partial charge on any atom is 0.0582 e. The Hall–Kier alpha value is -0.120. The number of hydrogen-bond acceptors (Lipinski definition) is 3. The van der Waals surface area contributed by atoms with Gasteiger partial charge < -0.3 is 15.3 Å². The smallest absolute Gasteiger partial charge is 0.0582 e. The maximum absolute atomic E-state index is 8.95. The number of rotatable bonds is 4. The molecule has 2 N–H and O–H groups in total.